The monoisotopic (exact) mass is 315 g/mol. The van der Waals surface area contributed by atoms with Crippen molar-refractivity contribution in [2.45, 2.75) is 12.0 Å². The van der Waals surface area contributed by atoms with E-state index in [1.165, 1.54) is 0 Å². The van der Waals surface area contributed by atoms with Gasteiger partial charge in [0.05, 0.1) is 0 Å². The number of halogens is 1. The maximum absolute atomic E-state index is 11.4. The SMILES string of the molecule is C=C(CN(C)C)C(O)(Cc1ccccc1)c1ccc(Cl)cc1. The van der Waals surface area contributed by atoms with Gasteiger partial charge in [-0.05, 0) is 42.9 Å². The van der Waals surface area contributed by atoms with Gasteiger partial charge in [-0.15, -0.1) is 0 Å². The molecule has 0 aliphatic heterocycles. The zero-order valence-electron chi connectivity index (χ0n) is 13.1. The summed E-state index contributed by atoms with van der Waals surface area (Å²) < 4.78 is 0. The fourth-order valence-corrected chi connectivity index (χ4v) is 2.69. The molecule has 1 atom stereocenters. The van der Waals surface area contributed by atoms with Gasteiger partial charge in [-0.25, -0.2) is 0 Å². The third kappa shape index (κ3) is 3.98. The van der Waals surface area contributed by atoms with E-state index in [1.807, 2.05) is 61.5 Å². The molecule has 1 N–H and O–H groups in total. The van der Waals surface area contributed by atoms with Crippen molar-refractivity contribution < 1.29 is 5.11 Å². The Hall–Kier alpha value is -1.61. The molecule has 0 fully saturated rings. The molecule has 0 aromatic heterocycles. The lowest BCUT2D eigenvalue weighted by Gasteiger charge is -2.33. The minimum atomic E-state index is -1.11. The Morgan fingerprint density at radius 3 is 2.23 bits per heavy atom. The molecule has 0 aliphatic carbocycles. The van der Waals surface area contributed by atoms with Crippen LogP contribution in [0.3, 0.4) is 0 Å². The smallest absolute Gasteiger partial charge is 0.116 e. The number of rotatable bonds is 6. The highest BCUT2D eigenvalue weighted by molar-refractivity contribution is 6.30. The quantitative estimate of drug-likeness (QED) is 0.818. The van der Waals surface area contributed by atoms with Crippen molar-refractivity contribution in [3.63, 3.8) is 0 Å². The van der Waals surface area contributed by atoms with E-state index in [4.69, 9.17) is 11.6 Å². The highest BCUT2D eigenvalue weighted by atomic mass is 35.5. The largest absolute Gasteiger partial charge is 0.380 e. The molecular formula is C19H22ClNO. The van der Waals surface area contributed by atoms with Gasteiger partial charge in [-0.2, -0.15) is 0 Å². The topological polar surface area (TPSA) is 23.5 Å². The molecule has 0 saturated heterocycles. The van der Waals surface area contributed by atoms with Gasteiger partial charge < -0.3 is 10.0 Å². The summed E-state index contributed by atoms with van der Waals surface area (Å²) in [7, 11) is 3.94. The number of hydrogen-bond acceptors (Lipinski definition) is 2. The predicted octanol–water partition coefficient (Wildman–Crippen LogP) is 3.89. The van der Waals surface area contributed by atoms with Gasteiger partial charge in [0.2, 0.25) is 0 Å². The summed E-state index contributed by atoms with van der Waals surface area (Å²) in [6.45, 7) is 4.75. The average molecular weight is 316 g/mol. The van der Waals surface area contributed by atoms with Crippen LogP contribution >= 0.6 is 11.6 Å². The average Bonchev–Trinajstić information content (AvgIpc) is 2.48. The number of aliphatic hydroxyl groups is 1. The Bertz CT molecular complexity index is 622. The Kier molecular flexibility index (Phi) is 5.41. The molecule has 0 bridgehead atoms. The minimum Gasteiger partial charge on any atom is -0.380 e. The van der Waals surface area contributed by atoms with Crippen LogP contribution < -0.4 is 0 Å². The predicted molar refractivity (Wildman–Crippen MR) is 93.2 cm³/mol. The fourth-order valence-electron chi connectivity index (χ4n) is 2.56. The first kappa shape index (κ1) is 16.8. The summed E-state index contributed by atoms with van der Waals surface area (Å²) in [4.78, 5) is 2.01. The molecule has 0 spiro atoms. The van der Waals surface area contributed by atoms with Crippen molar-refractivity contribution in [3.8, 4) is 0 Å². The highest BCUT2D eigenvalue weighted by Gasteiger charge is 2.33. The van der Waals surface area contributed by atoms with Crippen molar-refractivity contribution in [2.75, 3.05) is 20.6 Å². The Morgan fingerprint density at radius 2 is 1.68 bits per heavy atom. The third-order valence-corrected chi connectivity index (χ3v) is 3.97. The number of nitrogens with zero attached hydrogens (tertiary/aromatic N) is 1. The van der Waals surface area contributed by atoms with Gasteiger partial charge >= 0.3 is 0 Å². The van der Waals surface area contributed by atoms with Crippen LogP contribution in [0.25, 0.3) is 0 Å². The van der Waals surface area contributed by atoms with Crippen LogP contribution in [0.2, 0.25) is 5.02 Å². The van der Waals surface area contributed by atoms with Gasteiger partial charge in [0.25, 0.3) is 0 Å². The van der Waals surface area contributed by atoms with Gasteiger partial charge in [0.15, 0.2) is 0 Å². The summed E-state index contributed by atoms with van der Waals surface area (Å²) in [6.07, 6.45) is 0.488. The number of benzene rings is 2. The molecule has 2 aromatic carbocycles. The zero-order chi connectivity index (χ0) is 16.2. The van der Waals surface area contributed by atoms with E-state index >= 15 is 0 Å². The fraction of sp³-hybridized carbons (Fsp3) is 0.263. The van der Waals surface area contributed by atoms with Crippen molar-refractivity contribution >= 4 is 11.6 Å². The van der Waals surface area contributed by atoms with Crippen LogP contribution in [-0.4, -0.2) is 30.6 Å². The molecule has 116 valence electrons. The van der Waals surface area contributed by atoms with E-state index in [0.29, 0.717) is 18.0 Å². The summed E-state index contributed by atoms with van der Waals surface area (Å²) in [5.74, 6) is 0. The van der Waals surface area contributed by atoms with Crippen molar-refractivity contribution in [2.24, 2.45) is 0 Å². The second kappa shape index (κ2) is 7.10. The number of hydrogen-bond donors (Lipinski definition) is 1. The van der Waals surface area contributed by atoms with E-state index < -0.39 is 5.60 Å². The molecule has 0 saturated carbocycles. The maximum atomic E-state index is 11.4. The molecule has 0 amide bonds. The summed E-state index contributed by atoms with van der Waals surface area (Å²) >= 11 is 5.97. The Labute approximate surface area is 137 Å². The van der Waals surface area contributed by atoms with Crippen molar-refractivity contribution in [1.29, 1.82) is 0 Å². The second-order valence-corrected chi connectivity index (χ2v) is 6.31. The van der Waals surface area contributed by atoms with Crippen LogP contribution in [0, 0.1) is 0 Å². The zero-order valence-corrected chi connectivity index (χ0v) is 13.8. The molecule has 0 radical (unpaired) electrons. The lowest BCUT2D eigenvalue weighted by Crippen LogP contribution is -2.35. The molecule has 3 heteroatoms. The first-order chi connectivity index (χ1) is 10.4. The maximum Gasteiger partial charge on any atom is 0.116 e. The molecule has 2 aromatic rings. The summed E-state index contributed by atoms with van der Waals surface area (Å²) in [6, 6.07) is 17.3. The van der Waals surface area contributed by atoms with Crippen LogP contribution in [0.1, 0.15) is 11.1 Å². The standard InChI is InChI=1S/C19H22ClNO/c1-15(14-21(2)3)19(22,13-16-7-5-4-6-8-16)17-9-11-18(20)12-10-17/h4-12,22H,1,13-14H2,2-3H3. The normalized spacial score (nSPS) is 13.9. The lowest BCUT2D eigenvalue weighted by atomic mass is 9.81. The van der Waals surface area contributed by atoms with Crippen molar-refractivity contribution in [3.05, 3.63) is 82.9 Å². The summed E-state index contributed by atoms with van der Waals surface area (Å²) in [5, 5.41) is 12.0. The van der Waals surface area contributed by atoms with E-state index in [2.05, 4.69) is 6.58 Å². The first-order valence-corrected chi connectivity index (χ1v) is 7.65. The highest BCUT2D eigenvalue weighted by Crippen LogP contribution is 2.33. The van der Waals surface area contributed by atoms with E-state index in [1.54, 1.807) is 12.1 Å². The first-order valence-electron chi connectivity index (χ1n) is 7.27. The molecule has 22 heavy (non-hydrogen) atoms. The van der Waals surface area contributed by atoms with Crippen molar-refractivity contribution in [1.82, 2.24) is 4.90 Å². The lowest BCUT2D eigenvalue weighted by molar-refractivity contribution is 0.0703. The van der Waals surface area contributed by atoms with Gasteiger partial charge in [-0.1, -0.05) is 60.6 Å². The molecule has 1 unspecified atom stereocenters. The van der Waals surface area contributed by atoms with E-state index in [-0.39, 0.29) is 0 Å². The van der Waals surface area contributed by atoms with Crippen LogP contribution in [0.5, 0.6) is 0 Å². The molecule has 0 aliphatic rings. The van der Waals surface area contributed by atoms with Gasteiger partial charge in [0.1, 0.15) is 5.60 Å². The molecular weight excluding hydrogens is 294 g/mol. The minimum absolute atomic E-state index is 0.488. The van der Waals surface area contributed by atoms with Gasteiger partial charge in [0, 0.05) is 18.0 Å². The van der Waals surface area contributed by atoms with Crippen LogP contribution in [-0.2, 0) is 12.0 Å². The third-order valence-electron chi connectivity index (χ3n) is 3.72. The molecule has 2 nitrogen and oxygen atoms in total. The number of likely N-dealkylation sites (N-methyl/N-ethyl adjacent to an activating group) is 1. The van der Waals surface area contributed by atoms with E-state index in [0.717, 1.165) is 16.7 Å². The molecule has 2 rings (SSSR count). The second-order valence-electron chi connectivity index (χ2n) is 5.87. The van der Waals surface area contributed by atoms with Crippen LogP contribution in [0.15, 0.2) is 66.7 Å². The Morgan fingerprint density at radius 1 is 1.09 bits per heavy atom. The summed E-state index contributed by atoms with van der Waals surface area (Å²) in [5.41, 5.74) is 1.53. The van der Waals surface area contributed by atoms with E-state index in [9.17, 15) is 5.11 Å². The van der Waals surface area contributed by atoms with Crippen LogP contribution in [0.4, 0.5) is 0 Å². The molecule has 0 heterocycles. The van der Waals surface area contributed by atoms with Gasteiger partial charge in [-0.3, -0.25) is 0 Å². The Balaban J connectivity index is 2.39.